The smallest absolute Gasteiger partial charge is 0.282 e. The summed E-state index contributed by atoms with van der Waals surface area (Å²) in [5, 5.41) is 5.10. The van der Waals surface area contributed by atoms with Gasteiger partial charge in [-0.15, -0.1) is 0 Å². The third-order valence-corrected chi connectivity index (χ3v) is 6.56. The van der Waals surface area contributed by atoms with E-state index in [0.717, 1.165) is 36.7 Å². The minimum Gasteiger partial charge on any atom is -0.493 e. The number of likely N-dealkylation sites (tertiary alicyclic amines) is 1. The van der Waals surface area contributed by atoms with Gasteiger partial charge in [0.15, 0.2) is 11.5 Å². The third-order valence-electron chi connectivity index (χ3n) is 6.31. The lowest BCUT2D eigenvalue weighted by atomic mass is 10.1. The van der Waals surface area contributed by atoms with Crippen LogP contribution in [0.3, 0.4) is 0 Å². The molecule has 1 saturated heterocycles. The highest BCUT2D eigenvalue weighted by Crippen LogP contribution is 2.29. The first-order valence-electron chi connectivity index (χ1n) is 11.4. The van der Waals surface area contributed by atoms with E-state index in [9.17, 15) is 4.79 Å². The van der Waals surface area contributed by atoms with Gasteiger partial charge in [0, 0.05) is 35.9 Å². The van der Waals surface area contributed by atoms with Crippen molar-refractivity contribution in [2.24, 2.45) is 5.92 Å². The Bertz CT molecular complexity index is 1360. The highest BCUT2D eigenvalue weighted by molar-refractivity contribution is 6.30. The Balaban J connectivity index is 1.38. The number of hydrogen-bond donors (Lipinski definition) is 0. The lowest BCUT2D eigenvalue weighted by molar-refractivity contribution is 0.227. The monoisotopic (exact) mass is 478 g/mol. The number of nitrogens with zero attached hydrogens (tertiary/aromatic N) is 4. The molecule has 1 aliphatic heterocycles. The molecule has 1 unspecified atom stereocenters. The normalized spacial score (nSPS) is 16.3. The number of ether oxygens (including phenoxy) is 2. The van der Waals surface area contributed by atoms with Crippen LogP contribution < -0.4 is 15.0 Å². The van der Waals surface area contributed by atoms with Crippen molar-refractivity contribution in [3.63, 3.8) is 0 Å². The molecule has 0 saturated carbocycles. The van der Waals surface area contributed by atoms with E-state index in [1.165, 1.54) is 17.3 Å². The first kappa shape index (κ1) is 22.5. The molecule has 5 rings (SSSR count). The molecule has 34 heavy (non-hydrogen) atoms. The number of halogens is 1. The maximum Gasteiger partial charge on any atom is 0.282 e. The fraction of sp³-hybridized carbons (Fsp3) is 0.308. The molecule has 2 aromatic heterocycles. The zero-order valence-corrected chi connectivity index (χ0v) is 20.0. The van der Waals surface area contributed by atoms with E-state index in [1.54, 1.807) is 17.7 Å². The zero-order valence-electron chi connectivity index (χ0n) is 19.3. The standard InChI is InChI=1S/C26H27ClN4O3/c1-18-9-10-29(15-18)11-12-34-24-8-7-22(14-25(24)33-2)30-17-28-31-16-20(13-23(31)26(30)32)19-3-5-21(27)6-4-19/h3-8,13-14,16-18H,9-12,15H2,1-2H3. The van der Waals surface area contributed by atoms with Crippen LogP contribution in [0.15, 0.2) is 65.8 Å². The Labute approximate surface area is 203 Å². The molecular weight excluding hydrogens is 452 g/mol. The van der Waals surface area contributed by atoms with Crippen LogP contribution in [0, 0.1) is 5.92 Å². The Hall–Kier alpha value is -3.29. The van der Waals surface area contributed by atoms with Crippen molar-refractivity contribution < 1.29 is 9.47 Å². The molecule has 0 spiro atoms. The molecule has 1 aliphatic rings. The van der Waals surface area contributed by atoms with Crippen LogP contribution in [0.4, 0.5) is 0 Å². The van der Waals surface area contributed by atoms with Crippen LogP contribution in [0.25, 0.3) is 22.3 Å². The van der Waals surface area contributed by atoms with Crippen LogP contribution in [-0.4, -0.2) is 52.4 Å². The van der Waals surface area contributed by atoms with Gasteiger partial charge in [-0.2, -0.15) is 5.10 Å². The molecule has 7 nitrogen and oxygen atoms in total. The van der Waals surface area contributed by atoms with Gasteiger partial charge in [-0.1, -0.05) is 30.7 Å². The second-order valence-electron chi connectivity index (χ2n) is 8.75. The van der Waals surface area contributed by atoms with E-state index in [0.29, 0.717) is 34.3 Å². The summed E-state index contributed by atoms with van der Waals surface area (Å²) < 4.78 is 14.7. The molecule has 8 heteroatoms. The van der Waals surface area contributed by atoms with Crippen LogP contribution in [0.2, 0.25) is 5.02 Å². The molecule has 4 aromatic rings. The van der Waals surface area contributed by atoms with E-state index < -0.39 is 0 Å². The van der Waals surface area contributed by atoms with E-state index >= 15 is 0 Å². The minimum absolute atomic E-state index is 0.172. The Kier molecular flexibility index (Phi) is 6.30. The van der Waals surface area contributed by atoms with Gasteiger partial charge in [0.2, 0.25) is 0 Å². The number of benzene rings is 2. The fourth-order valence-corrected chi connectivity index (χ4v) is 4.54. The van der Waals surface area contributed by atoms with Crippen molar-refractivity contribution in [1.29, 1.82) is 0 Å². The molecule has 0 radical (unpaired) electrons. The van der Waals surface area contributed by atoms with Crippen LogP contribution in [-0.2, 0) is 0 Å². The van der Waals surface area contributed by atoms with E-state index in [2.05, 4.69) is 16.9 Å². The van der Waals surface area contributed by atoms with Gasteiger partial charge in [-0.3, -0.25) is 14.3 Å². The van der Waals surface area contributed by atoms with Gasteiger partial charge in [0.1, 0.15) is 18.5 Å². The quantitative estimate of drug-likeness (QED) is 0.390. The SMILES string of the molecule is COc1cc(-n2cnn3cc(-c4ccc(Cl)cc4)cc3c2=O)ccc1OCCN1CCC(C)C1. The molecule has 176 valence electrons. The molecule has 0 amide bonds. The number of methoxy groups -OCH3 is 1. The van der Waals surface area contributed by atoms with Gasteiger partial charge >= 0.3 is 0 Å². The second kappa shape index (κ2) is 9.52. The van der Waals surface area contributed by atoms with Crippen LogP contribution in [0.5, 0.6) is 11.5 Å². The maximum atomic E-state index is 13.3. The predicted molar refractivity (Wildman–Crippen MR) is 134 cm³/mol. The lowest BCUT2D eigenvalue weighted by Gasteiger charge is -2.17. The van der Waals surface area contributed by atoms with Gasteiger partial charge in [-0.05, 0) is 54.8 Å². The zero-order chi connectivity index (χ0) is 23.7. The maximum absolute atomic E-state index is 13.3. The van der Waals surface area contributed by atoms with Crippen LogP contribution >= 0.6 is 11.6 Å². The summed E-state index contributed by atoms with van der Waals surface area (Å²) in [5.74, 6) is 1.99. The highest BCUT2D eigenvalue weighted by atomic mass is 35.5. The van der Waals surface area contributed by atoms with E-state index in [-0.39, 0.29) is 5.56 Å². The summed E-state index contributed by atoms with van der Waals surface area (Å²) in [4.78, 5) is 15.7. The molecule has 2 aromatic carbocycles. The summed E-state index contributed by atoms with van der Waals surface area (Å²) in [5.41, 5.74) is 2.83. The molecule has 0 N–H and O–H groups in total. The van der Waals surface area contributed by atoms with Crippen molar-refractivity contribution >= 4 is 17.1 Å². The summed E-state index contributed by atoms with van der Waals surface area (Å²) in [6.07, 6.45) is 4.60. The van der Waals surface area contributed by atoms with Crippen molar-refractivity contribution in [2.75, 3.05) is 33.4 Å². The van der Waals surface area contributed by atoms with Gasteiger partial charge < -0.3 is 9.47 Å². The Morgan fingerprint density at radius 1 is 1.09 bits per heavy atom. The molecule has 3 heterocycles. The van der Waals surface area contributed by atoms with Gasteiger partial charge in [0.05, 0.1) is 12.8 Å². The average Bonchev–Trinajstić information content (AvgIpc) is 3.47. The lowest BCUT2D eigenvalue weighted by Crippen LogP contribution is -2.26. The molecule has 1 fully saturated rings. The molecule has 0 bridgehead atoms. The summed E-state index contributed by atoms with van der Waals surface area (Å²) in [6.45, 7) is 6.01. The van der Waals surface area contributed by atoms with Crippen molar-refractivity contribution in [1.82, 2.24) is 19.1 Å². The topological polar surface area (TPSA) is 61.0 Å². The number of fused-ring (bicyclic) bond motifs is 1. The van der Waals surface area contributed by atoms with E-state index in [4.69, 9.17) is 21.1 Å². The number of rotatable bonds is 7. The average molecular weight is 479 g/mol. The van der Waals surface area contributed by atoms with Gasteiger partial charge in [0.25, 0.3) is 5.56 Å². The summed E-state index contributed by atoms with van der Waals surface area (Å²) in [7, 11) is 1.60. The predicted octanol–water partition coefficient (Wildman–Crippen LogP) is 4.53. The fourth-order valence-electron chi connectivity index (χ4n) is 4.41. The minimum atomic E-state index is -0.172. The number of hydrogen-bond acceptors (Lipinski definition) is 5. The Morgan fingerprint density at radius 2 is 1.91 bits per heavy atom. The molecule has 1 atom stereocenters. The van der Waals surface area contributed by atoms with Gasteiger partial charge in [-0.25, -0.2) is 4.52 Å². The Morgan fingerprint density at radius 3 is 2.65 bits per heavy atom. The van der Waals surface area contributed by atoms with Crippen molar-refractivity contribution in [3.8, 4) is 28.3 Å². The van der Waals surface area contributed by atoms with Crippen LogP contribution in [0.1, 0.15) is 13.3 Å². The highest BCUT2D eigenvalue weighted by Gasteiger charge is 2.18. The molecule has 0 aliphatic carbocycles. The first-order chi connectivity index (χ1) is 16.5. The molecular formula is C26H27ClN4O3. The third kappa shape index (κ3) is 4.54. The van der Waals surface area contributed by atoms with Crippen molar-refractivity contribution in [2.45, 2.75) is 13.3 Å². The summed E-state index contributed by atoms with van der Waals surface area (Å²) in [6, 6.07) is 14.8. The largest absolute Gasteiger partial charge is 0.493 e. The van der Waals surface area contributed by atoms with Crippen molar-refractivity contribution in [3.05, 3.63) is 76.4 Å². The summed E-state index contributed by atoms with van der Waals surface area (Å²) >= 11 is 6.00. The second-order valence-corrected chi connectivity index (χ2v) is 9.19. The first-order valence-corrected chi connectivity index (χ1v) is 11.8. The number of aromatic nitrogens is 3. The van der Waals surface area contributed by atoms with E-state index in [1.807, 2.05) is 48.7 Å².